The molecule has 6 heteroatoms. The van der Waals surface area contributed by atoms with Crippen molar-refractivity contribution in [1.29, 1.82) is 0 Å². The lowest BCUT2D eigenvalue weighted by Gasteiger charge is -2.31. The molecular weight excluding hydrogens is 408 g/mol. The Labute approximate surface area is 184 Å². The summed E-state index contributed by atoms with van der Waals surface area (Å²) in [5.74, 6) is -0.341. The predicted molar refractivity (Wildman–Crippen MR) is 125 cm³/mol. The minimum absolute atomic E-state index is 0.337. The van der Waals surface area contributed by atoms with E-state index in [2.05, 4.69) is 5.32 Å². The summed E-state index contributed by atoms with van der Waals surface area (Å²) in [5, 5.41) is 3.10. The Hall–Kier alpha value is -3.12. The zero-order valence-corrected chi connectivity index (χ0v) is 18.8. The van der Waals surface area contributed by atoms with Gasteiger partial charge in [0.1, 0.15) is 6.04 Å². The van der Waals surface area contributed by atoms with Gasteiger partial charge in [-0.15, -0.1) is 0 Å². The Morgan fingerprint density at radius 1 is 0.871 bits per heavy atom. The quantitative estimate of drug-likeness (QED) is 0.567. The van der Waals surface area contributed by atoms with Gasteiger partial charge in [0.05, 0.1) is 18.0 Å². The van der Waals surface area contributed by atoms with Gasteiger partial charge in [-0.1, -0.05) is 85.3 Å². The molecule has 1 amide bonds. The maximum Gasteiger partial charge on any atom is 0.244 e. The summed E-state index contributed by atoms with van der Waals surface area (Å²) < 4.78 is 26.5. The largest absolute Gasteiger partial charge is 0.343 e. The van der Waals surface area contributed by atoms with Crippen molar-refractivity contribution < 1.29 is 13.2 Å². The molecule has 1 N–H and O–H groups in total. The van der Waals surface area contributed by atoms with E-state index in [1.807, 2.05) is 74.5 Å². The summed E-state index contributed by atoms with van der Waals surface area (Å²) in [6.07, 6.45) is 1.47. The summed E-state index contributed by atoms with van der Waals surface area (Å²) in [7, 11) is -3.67. The normalized spacial score (nSPS) is 13.3. The Morgan fingerprint density at radius 2 is 1.39 bits per heavy atom. The van der Waals surface area contributed by atoms with Crippen LogP contribution in [0.15, 0.2) is 84.9 Å². The summed E-state index contributed by atoms with van der Waals surface area (Å²) in [6.45, 7) is 3.83. The summed E-state index contributed by atoms with van der Waals surface area (Å²) in [6, 6.07) is 25.1. The van der Waals surface area contributed by atoms with Crippen LogP contribution in [0.5, 0.6) is 0 Å². The number of aryl methyl sites for hydroxylation is 1. The van der Waals surface area contributed by atoms with Crippen LogP contribution >= 0.6 is 0 Å². The van der Waals surface area contributed by atoms with E-state index in [-0.39, 0.29) is 11.9 Å². The highest BCUT2D eigenvalue weighted by Crippen LogP contribution is 2.26. The van der Waals surface area contributed by atoms with Gasteiger partial charge in [-0.25, -0.2) is 8.42 Å². The average Bonchev–Trinajstić information content (AvgIpc) is 2.76. The second-order valence-electron chi connectivity index (χ2n) is 7.58. The second kappa shape index (κ2) is 9.79. The van der Waals surface area contributed by atoms with E-state index in [9.17, 15) is 13.2 Å². The molecule has 0 aliphatic carbocycles. The van der Waals surface area contributed by atoms with Crippen molar-refractivity contribution in [3.8, 4) is 0 Å². The van der Waals surface area contributed by atoms with E-state index < -0.39 is 16.1 Å². The number of para-hydroxylation sites is 1. The van der Waals surface area contributed by atoms with Gasteiger partial charge >= 0.3 is 0 Å². The number of nitrogens with zero attached hydrogens (tertiary/aromatic N) is 1. The number of amides is 1. The average molecular weight is 437 g/mol. The lowest BCUT2D eigenvalue weighted by atomic mass is 9.97. The topological polar surface area (TPSA) is 66.5 Å². The van der Waals surface area contributed by atoms with Crippen LogP contribution in [0.3, 0.4) is 0 Å². The first kappa shape index (κ1) is 22.6. The van der Waals surface area contributed by atoms with E-state index in [0.29, 0.717) is 12.1 Å². The van der Waals surface area contributed by atoms with E-state index in [4.69, 9.17) is 0 Å². The van der Waals surface area contributed by atoms with Crippen molar-refractivity contribution in [1.82, 2.24) is 5.32 Å². The third kappa shape index (κ3) is 5.52. The molecule has 0 fully saturated rings. The van der Waals surface area contributed by atoms with Gasteiger partial charge in [0.25, 0.3) is 0 Å². The van der Waals surface area contributed by atoms with Gasteiger partial charge < -0.3 is 5.32 Å². The molecule has 3 aromatic rings. The van der Waals surface area contributed by atoms with Crippen molar-refractivity contribution >= 4 is 21.6 Å². The van der Waals surface area contributed by atoms with Crippen molar-refractivity contribution in [3.05, 3.63) is 102 Å². The number of sulfonamides is 1. The first-order chi connectivity index (χ1) is 14.8. The fourth-order valence-corrected chi connectivity index (χ4v) is 4.85. The van der Waals surface area contributed by atoms with E-state index in [1.54, 1.807) is 24.3 Å². The molecule has 0 saturated heterocycles. The van der Waals surface area contributed by atoms with Crippen molar-refractivity contribution in [2.24, 2.45) is 0 Å². The second-order valence-corrected chi connectivity index (χ2v) is 9.44. The smallest absolute Gasteiger partial charge is 0.244 e. The van der Waals surface area contributed by atoms with Crippen LogP contribution in [-0.4, -0.2) is 26.6 Å². The SMILES string of the molecule is CC[C@H](C(=O)N[C@@H](c1ccccc1)c1ccc(C)cc1)N(c1ccccc1)S(C)(=O)=O. The Balaban J connectivity index is 1.98. The molecule has 0 aliphatic heterocycles. The fraction of sp³-hybridized carbons (Fsp3) is 0.240. The maximum atomic E-state index is 13.4. The molecule has 2 atom stereocenters. The molecule has 5 nitrogen and oxygen atoms in total. The molecule has 0 spiro atoms. The Morgan fingerprint density at radius 3 is 1.90 bits per heavy atom. The molecule has 0 unspecified atom stereocenters. The molecular formula is C25H28N2O3S. The maximum absolute atomic E-state index is 13.4. The number of nitrogens with one attached hydrogen (secondary N) is 1. The number of hydrogen-bond acceptors (Lipinski definition) is 3. The highest BCUT2D eigenvalue weighted by molar-refractivity contribution is 7.92. The molecule has 0 bridgehead atoms. The van der Waals surface area contributed by atoms with Crippen LogP contribution in [0, 0.1) is 6.92 Å². The monoisotopic (exact) mass is 436 g/mol. The lowest BCUT2D eigenvalue weighted by Crippen LogP contribution is -2.50. The zero-order chi connectivity index (χ0) is 22.4. The lowest BCUT2D eigenvalue weighted by molar-refractivity contribution is -0.122. The Kier molecular flexibility index (Phi) is 7.13. The van der Waals surface area contributed by atoms with Crippen LogP contribution in [0.25, 0.3) is 0 Å². The van der Waals surface area contributed by atoms with Gasteiger partial charge in [0.2, 0.25) is 15.9 Å². The zero-order valence-electron chi connectivity index (χ0n) is 18.0. The molecule has 3 aromatic carbocycles. The predicted octanol–water partition coefficient (Wildman–Crippen LogP) is 4.45. The highest BCUT2D eigenvalue weighted by atomic mass is 32.2. The number of benzene rings is 3. The fourth-order valence-electron chi connectivity index (χ4n) is 3.64. The Bertz CT molecular complexity index is 1100. The molecule has 162 valence electrons. The van der Waals surface area contributed by atoms with Crippen LogP contribution in [-0.2, 0) is 14.8 Å². The highest BCUT2D eigenvalue weighted by Gasteiger charge is 2.32. The molecule has 0 radical (unpaired) electrons. The van der Waals surface area contributed by atoms with Gasteiger partial charge in [-0.05, 0) is 36.6 Å². The number of carbonyl (C=O) groups is 1. The van der Waals surface area contributed by atoms with Gasteiger partial charge in [-0.3, -0.25) is 9.10 Å². The summed E-state index contributed by atoms with van der Waals surface area (Å²) >= 11 is 0. The summed E-state index contributed by atoms with van der Waals surface area (Å²) in [4.78, 5) is 13.4. The number of hydrogen-bond donors (Lipinski definition) is 1. The number of anilines is 1. The molecule has 0 heterocycles. The van der Waals surface area contributed by atoms with Crippen LogP contribution in [0.4, 0.5) is 5.69 Å². The number of carbonyl (C=O) groups excluding carboxylic acids is 1. The minimum Gasteiger partial charge on any atom is -0.343 e. The minimum atomic E-state index is -3.67. The van der Waals surface area contributed by atoms with Gasteiger partial charge in [0.15, 0.2) is 0 Å². The molecule has 31 heavy (non-hydrogen) atoms. The standard InChI is InChI=1S/C25H28N2O3S/c1-4-23(27(31(3,29)30)22-13-9-6-10-14-22)25(28)26-24(20-11-7-5-8-12-20)21-17-15-19(2)16-18-21/h5-18,23-24H,4H2,1-3H3,(H,26,28)/t23-,24+/m1/s1. The van der Waals surface area contributed by atoms with Crippen LogP contribution < -0.4 is 9.62 Å². The van der Waals surface area contributed by atoms with E-state index >= 15 is 0 Å². The molecule has 0 aliphatic rings. The van der Waals surface area contributed by atoms with E-state index in [1.165, 1.54) is 4.31 Å². The first-order valence-corrected chi connectivity index (χ1v) is 12.1. The number of rotatable bonds is 8. The third-order valence-electron chi connectivity index (χ3n) is 5.17. The van der Waals surface area contributed by atoms with Crippen molar-refractivity contribution in [3.63, 3.8) is 0 Å². The van der Waals surface area contributed by atoms with Crippen molar-refractivity contribution in [2.45, 2.75) is 32.4 Å². The van der Waals surface area contributed by atoms with Crippen molar-refractivity contribution in [2.75, 3.05) is 10.6 Å². The van der Waals surface area contributed by atoms with Gasteiger partial charge in [0, 0.05) is 0 Å². The van der Waals surface area contributed by atoms with E-state index in [0.717, 1.165) is 22.9 Å². The molecule has 0 saturated carbocycles. The molecule has 0 aromatic heterocycles. The molecule has 3 rings (SSSR count). The summed E-state index contributed by atoms with van der Waals surface area (Å²) in [5.41, 5.74) is 3.46. The van der Waals surface area contributed by atoms with Crippen LogP contribution in [0.1, 0.15) is 36.1 Å². The third-order valence-corrected chi connectivity index (χ3v) is 6.35. The van der Waals surface area contributed by atoms with Crippen LogP contribution in [0.2, 0.25) is 0 Å². The first-order valence-electron chi connectivity index (χ1n) is 10.3. The van der Waals surface area contributed by atoms with Gasteiger partial charge in [-0.2, -0.15) is 0 Å².